The minimum Gasteiger partial charge on any atom is -0.343 e. The monoisotopic (exact) mass is 401 g/mol. The quantitative estimate of drug-likeness (QED) is 0.843. The fourth-order valence-corrected chi connectivity index (χ4v) is 5.93. The van der Waals surface area contributed by atoms with Crippen LogP contribution in [-0.4, -0.2) is 33.9 Å². The predicted molar refractivity (Wildman–Crippen MR) is 114 cm³/mol. The van der Waals surface area contributed by atoms with E-state index in [9.17, 15) is 9.59 Å². The molecule has 1 saturated heterocycles. The van der Waals surface area contributed by atoms with Gasteiger partial charge in [0.1, 0.15) is 10.7 Å². The van der Waals surface area contributed by atoms with Gasteiger partial charge in [-0.2, -0.15) is 0 Å². The highest BCUT2D eigenvalue weighted by molar-refractivity contribution is 7.18. The number of rotatable bonds is 3. The third-order valence-corrected chi connectivity index (χ3v) is 7.63. The van der Waals surface area contributed by atoms with Gasteiger partial charge in [-0.3, -0.25) is 9.59 Å². The normalized spacial score (nSPS) is 20.4. The van der Waals surface area contributed by atoms with Crippen molar-refractivity contribution in [2.75, 3.05) is 13.1 Å². The molecule has 6 heteroatoms. The largest absolute Gasteiger partial charge is 0.343 e. The van der Waals surface area contributed by atoms with Gasteiger partial charge in [-0.15, -0.1) is 11.3 Å². The maximum Gasteiger partial charge on any atom is 0.259 e. The molecule has 0 bridgehead atoms. The van der Waals surface area contributed by atoms with Crippen LogP contribution in [0.15, 0.2) is 4.79 Å². The Morgan fingerprint density at radius 3 is 2.71 bits per heavy atom. The van der Waals surface area contributed by atoms with Crippen molar-refractivity contribution in [2.24, 2.45) is 11.3 Å². The van der Waals surface area contributed by atoms with Gasteiger partial charge >= 0.3 is 0 Å². The van der Waals surface area contributed by atoms with Crippen molar-refractivity contribution in [2.45, 2.75) is 72.1 Å². The minimum atomic E-state index is -0.0304. The van der Waals surface area contributed by atoms with Crippen molar-refractivity contribution in [1.29, 1.82) is 0 Å². The SMILES string of the molecule is CC(C)(C)C1CCc2c(sc3nc(CCC(=O)N4CCCCC4)[nH]c(=O)c23)C1. The Bertz CT molecular complexity index is 932. The van der Waals surface area contributed by atoms with Gasteiger partial charge in [0.25, 0.3) is 5.56 Å². The lowest BCUT2D eigenvalue weighted by molar-refractivity contribution is -0.132. The van der Waals surface area contributed by atoms with Gasteiger partial charge < -0.3 is 9.88 Å². The fourth-order valence-electron chi connectivity index (χ4n) is 4.61. The number of nitrogens with zero attached hydrogens (tertiary/aromatic N) is 2. The van der Waals surface area contributed by atoms with E-state index >= 15 is 0 Å². The fraction of sp³-hybridized carbons (Fsp3) is 0.682. The first-order valence-corrected chi connectivity index (χ1v) is 11.5. The van der Waals surface area contributed by atoms with Crippen LogP contribution in [-0.2, 0) is 24.1 Å². The molecule has 1 aliphatic heterocycles. The molecule has 1 fully saturated rings. The molecule has 3 heterocycles. The lowest BCUT2D eigenvalue weighted by atomic mass is 9.72. The van der Waals surface area contributed by atoms with E-state index in [2.05, 4.69) is 25.8 Å². The summed E-state index contributed by atoms with van der Waals surface area (Å²) in [6, 6.07) is 0. The van der Waals surface area contributed by atoms with Crippen LogP contribution < -0.4 is 5.56 Å². The zero-order chi connectivity index (χ0) is 19.9. The smallest absolute Gasteiger partial charge is 0.259 e. The standard InChI is InChI=1S/C22H31N3O2S/c1-22(2,3)14-7-8-15-16(13-14)28-21-19(15)20(27)23-17(24-21)9-10-18(26)25-11-5-4-6-12-25/h14H,4-13H2,1-3H3,(H,23,24,27). The topological polar surface area (TPSA) is 66.1 Å². The summed E-state index contributed by atoms with van der Waals surface area (Å²) in [4.78, 5) is 37.0. The van der Waals surface area contributed by atoms with Crippen LogP contribution in [0.5, 0.6) is 0 Å². The summed E-state index contributed by atoms with van der Waals surface area (Å²) < 4.78 is 0. The van der Waals surface area contributed by atoms with Gasteiger partial charge in [0.05, 0.1) is 5.39 Å². The van der Waals surface area contributed by atoms with Crippen LogP contribution in [0.1, 0.15) is 69.1 Å². The highest BCUT2D eigenvalue weighted by atomic mass is 32.1. The number of fused-ring (bicyclic) bond motifs is 3. The predicted octanol–water partition coefficient (Wildman–Crippen LogP) is 4.08. The zero-order valence-corrected chi connectivity index (χ0v) is 18.1. The average Bonchev–Trinajstić information content (AvgIpc) is 3.04. The number of piperidine rings is 1. The van der Waals surface area contributed by atoms with Crippen molar-refractivity contribution < 1.29 is 4.79 Å². The van der Waals surface area contributed by atoms with Crippen LogP contribution in [0.4, 0.5) is 0 Å². The van der Waals surface area contributed by atoms with Crippen molar-refractivity contribution in [3.8, 4) is 0 Å². The molecule has 0 radical (unpaired) electrons. The molecule has 1 aliphatic carbocycles. The number of carbonyl (C=O) groups is 1. The Morgan fingerprint density at radius 1 is 1.25 bits per heavy atom. The summed E-state index contributed by atoms with van der Waals surface area (Å²) in [6.07, 6.45) is 7.49. The molecule has 2 aromatic heterocycles. The second kappa shape index (κ2) is 7.62. The number of H-pyrrole nitrogens is 1. The van der Waals surface area contributed by atoms with Gasteiger partial charge in [0.2, 0.25) is 5.91 Å². The van der Waals surface area contributed by atoms with E-state index in [0.29, 0.717) is 24.6 Å². The Morgan fingerprint density at radius 2 is 2.00 bits per heavy atom. The van der Waals surface area contributed by atoms with E-state index in [0.717, 1.165) is 55.4 Å². The molecule has 28 heavy (non-hydrogen) atoms. The molecule has 0 saturated carbocycles. The summed E-state index contributed by atoms with van der Waals surface area (Å²) in [7, 11) is 0. The molecule has 5 nitrogen and oxygen atoms in total. The summed E-state index contributed by atoms with van der Waals surface area (Å²) >= 11 is 1.68. The maximum atomic E-state index is 12.8. The highest BCUT2D eigenvalue weighted by Gasteiger charge is 2.31. The molecule has 0 aromatic carbocycles. The Labute approximate surface area is 170 Å². The molecular weight excluding hydrogens is 370 g/mol. The van der Waals surface area contributed by atoms with Gasteiger partial charge in [-0.05, 0) is 55.4 Å². The van der Waals surface area contributed by atoms with Crippen molar-refractivity contribution in [3.63, 3.8) is 0 Å². The van der Waals surface area contributed by atoms with Crippen LogP contribution >= 0.6 is 11.3 Å². The first-order chi connectivity index (χ1) is 13.3. The second-order valence-corrected chi connectivity index (χ2v) is 10.5. The van der Waals surface area contributed by atoms with Gasteiger partial charge in [0, 0.05) is 30.8 Å². The second-order valence-electron chi connectivity index (χ2n) is 9.44. The van der Waals surface area contributed by atoms with Crippen LogP contribution in [0, 0.1) is 11.3 Å². The number of nitrogens with one attached hydrogen (secondary N) is 1. The number of hydrogen-bond acceptors (Lipinski definition) is 4. The van der Waals surface area contributed by atoms with Gasteiger partial charge in [-0.25, -0.2) is 4.98 Å². The molecule has 1 unspecified atom stereocenters. The van der Waals surface area contributed by atoms with Crippen LogP contribution in [0.3, 0.4) is 0 Å². The third-order valence-electron chi connectivity index (χ3n) is 6.48. The molecule has 1 amide bonds. The van der Waals surface area contributed by atoms with Gasteiger partial charge in [0.15, 0.2) is 0 Å². The lowest BCUT2D eigenvalue weighted by Gasteiger charge is -2.33. The summed E-state index contributed by atoms with van der Waals surface area (Å²) in [5.41, 5.74) is 1.47. The molecule has 0 spiro atoms. The molecule has 152 valence electrons. The summed E-state index contributed by atoms with van der Waals surface area (Å²) in [5.74, 6) is 1.48. The summed E-state index contributed by atoms with van der Waals surface area (Å²) in [5, 5.41) is 0.790. The number of aromatic nitrogens is 2. The lowest BCUT2D eigenvalue weighted by Crippen LogP contribution is -2.35. The average molecular weight is 402 g/mol. The Balaban J connectivity index is 1.53. The highest BCUT2D eigenvalue weighted by Crippen LogP contribution is 2.41. The van der Waals surface area contributed by atoms with Crippen LogP contribution in [0.2, 0.25) is 0 Å². The van der Waals surface area contributed by atoms with E-state index < -0.39 is 0 Å². The molecular formula is C22H31N3O2S. The Hall–Kier alpha value is -1.69. The number of aryl methyl sites for hydroxylation is 2. The number of carbonyl (C=O) groups excluding carboxylic acids is 1. The van der Waals surface area contributed by atoms with Crippen molar-refractivity contribution in [1.82, 2.24) is 14.9 Å². The van der Waals surface area contributed by atoms with E-state index in [1.165, 1.54) is 16.9 Å². The van der Waals surface area contributed by atoms with Crippen molar-refractivity contribution in [3.05, 3.63) is 26.6 Å². The zero-order valence-electron chi connectivity index (χ0n) is 17.3. The summed E-state index contributed by atoms with van der Waals surface area (Å²) in [6.45, 7) is 8.65. The molecule has 1 atom stereocenters. The Kier molecular flexibility index (Phi) is 5.34. The van der Waals surface area contributed by atoms with Gasteiger partial charge in [-0.1, -0.05) is 20.8 Å². The minimum absolute atomic E-state index is 0.0304. The maximum absolute atomic E-state index is 12.8. The van der Waals surface area contributed by atoms with E-state index in [-0.39, 0.29) is 16.9 Å². The van der Waals surface area contributed by atoms with E-state index in [4.69, 9.17) is 4.98 Å². The van der Waals surface area contributed by atoms with Crippen LogP contribution in [0.25, 0.3) is 10.2 Å². The number of hydrogen-bond donors (Lipinski definition) is 1. The van der Waals surface area contributed by atoms with Crippen molar-refractivity contribution >= 4 is 27.5 Å². The molecule has 4 rings (SSSR count). The first kappa shape index (κ1) is 19.6. The van der Waals surface area contributed by atoms with E-state index in [1.807, 2.05) is 4.90 Å². The number of amides is 1. The van der Waals surface area contributed by atoms with E-state index in [1.54, 1.807) is 11.3 Å². The third kappa shape index (κ3) is 3.88. The number of thiophene rings is 1. The molecule has 2 aromatic rings. The number of likely N-dealkylation sites (tertiary alicyclic amines) is 1. The molecule has 2 aliphatic rings. The number of aromatic amines is 1. The first-order valence-electron chi connectivity index (χ1n) is 10.6. The molecule has 1 N–H and O–H groups in total.